The second-order valence-electron chi connectivity index (χ2n) is 4.75. The third-order valence-electron chi connectivity index (χ3n) is 3.35. The van der Waals surface area contributed by atoms with Crippen molar-refractivity contribution in [1.29, 1.82) is 0 Å². The molecule has 2 rings (SSSR count). The molecule has 0 amide bonds. The van der Waals surface area contributed by atoms with Crippen molar-refractivity contribution in [1.82, 2.24) is 0 Å². The van der Waals surface area contributed by atoms with Crippen LogP contribution in [0.5, 0.6) is 0 Å². The lowest BCUT2D eigenvalue weighted by Crippen LogP contribution is -2.06. The van der Waals surface area contributed by atoms with E-state index in [0.717, 1.165) is 42.3 Å². The SMILES string of the molecule is OC(CCCC1CCCO1)c1ccc(Br)cc1Cl. The summed E-state index contributed by atoms with van der Waals surface area (Å²) in [6, 6.07) is 5.61. The van der Waals surface area contributed by atoms with E-state index in [0.29, 0.717) is 11.1 Å². The minimum atomic E-state index is -0.480. The van der Waals surface area contributed by atoms with Gasteiger partial charge in [0.05, 0.1) is 12.2 Å². The monoisotopic (exact) mass is 332 g/mol. The van der Waals surface area contributed by atoms with E-state index in [1.54, 1.807) is 0 Å². The number of hydrogen-bond acceptors (Lipinski definition) is 2. The quantitative estimate of drug-likeness (QED) is 0.860. The van der Waals surface area contributed by atoms with Gasteiger partial charge in [0.15, 0.2) is 0 Å². The van der Waals surface area contributed by atoms with Gasteiger partial charge in [0.25, 0.3) is 0 Å². The molecule has 0 radical (unpaired) electrons. The Labute approximate surface area is 121 Å². The van der Waals surface area contributed by atoms with Crippen LogP contribution < -0.4 is 0 Å². The molecule has 2 unspecified atom stereocenters. The van der Waals surface area contributed by atoms with Gasteiger partial charge in [-0.3, -0.25) is 0 Å². The lowest BCUT2D eigenvalue weighted by atomic mass is 10.0. The molecular weight excluding hydrogens is 316 g/mol. The van der Waals surface area contributed by atoms with Crippen molar-refractivity contribution in [2.45, 2.75) is 44.3 Å². The third-order valence-corrected chi connectivity index (χ3v) is 4.17. The van der Waals surface area contributed by atoms with Gasteiger partial charge in [0.1, 0.15) is 0 Å². The minimum absolute atomic E-state index is 0.401. The van der Waals surface area contributed by atoms with E-state index in [9.17, 15) is 5.11 Å². The Morgan fingerprint density at radius 1 is 1.50 bits per heavy atom. The van der Waals surface area contributed by atoms with Gasteiger partial charge in [-0.05, 0) is 49.8 Å². The van der Waals surface area contributed by atoms with Crippen LogP contribution in [-0.4, -0.2) is 17.8 Å². The molecule has 1 aromatic rings. The normalized spacial score (nSPS) is 21.2. The molecule has 4 heteroatoms. The highest BCUT2D eigenvalue weighted by Crippen LogP contribution is 2.30. The Hall–Kier alpha value is -0.0900. The second-order valence-corrected chi connectivity index (χ2v) is 6.07. The van der Waals surface area contributed by atoms with Crippen LogP contribution in [-0.2, 0) is 4.74 Å². The summed E-state index contributed by atoms with van der Waals surface area (Å²) >= 11 is 9.48. The van der Waals surface area contributed by atoms with Crippen molar-refractivity contribution >= 4 is 27.5 Å². The van der Waals surface area contributed by atoms with E-state index < -0.39 is 6.10 Å². The van der Waals surface area contributed by atoms with Gasteiger partial charge in [-0.1, -0.05) is 33.6 Å². The molecule has 0 spiro atoms. The predicted octanol–water partition coefficient (Wildman–Crippen LogP) is 4.49. The molecule has 1 saturated heterocycles. The molecule has 1 aliphatic heterocycles. The predicted molar refractivity (Wildman–Crippen MR) is 76.9 cm³/mol. The van der Waals surface area contributed by atoms with Crippen LogP contribution in [0.1, 0.15) is 43.8 Å². The zero-order valence-corrected chi connectivity index (χ0v) is 12.6. The van der Waals surface area contributed by atoms with Crippen molar-refractivity contribution in [2.24, 2.45) is 0 Å². The number of ether oxygens (including phenoxy) is 1. The maximum Gasteiger partial charge on any atom is 0.0804 e. The molecule has 2 nitrogen and oxygen atoms in total. The summed E-state index contributed by atoms with van der Waals surface area (Å²) in [5.74, 6) is 0. The lowest BCUT2D eigenvalue weighted by Gasteiger charge is -2.14. The Bertz CT molecular complexity index is 391. The summed E-state index contributed by atoms with van der Waals surface area (Å²) in [7, 11) is 0. The summed E-state index contributed by atoms with van der Waals surface area (Å²) in [5, 5.41) is 10.7. The molecule has 1 fully saturated rings. The summed E-state index contributed by atoms with van der Waals surface area (Å²) in [5.41, 5.74) is 0.812. The van der Waals surface area contributed by atoms with Crippen LogP contribution in [0.2, 0.25) is 5.02 Å². The first kappa shape index (κ1) is 14.3. The molecule has 0 saturated carbocycles. The highest BCUT2D eigenvalue weighted by Gasteiger charge is 2.17. The standard InChI is InChI=1S/C14H18BrClO2/c15-10-6-7-12(13(16)9-10)14(17)5-1-3-11-4-2-8-18-11/h6-7,9,11,14,17H,1-5,8H2. The van der Waals surface area contributed by atoms with Gasteiger partial charge in [-0.25, -0.2) is 0 Å². The second kappa shape index (κ2) is 6.90. The Morgan fingerprint density at radius 2 is 2.33 bits per heavy atom. The Morgan fingerprint density at radius 3 is 3.00 bits per heavy atom. The van der Waals surface area contributed by atoms with E-state index in [1.165, 1.54) is 6.42 Å². The average Bonchev–Trinajstić information content (AvgIpc) is 2.81. The van der Waals surface area contributed by atoms with Crippen LogP contribution >= 0.6 is 27.5 Å². The fraction of sp³-hybridized carbons (Fsp3) is 0.571. The summed E-state index contributed by atoms with van der Waals surface area (Å²) < 4.78 is 6.50. The number of hydrogen-bond donors (Lipinski definition) is 1. The molecule has 18 heavy (non-hydrogen) atoms. The molecular formula is C14H18BrClO2. The van der Waals surface area contributed by atoms with Crippen LogP contribution in [0.15, 0.2) is 22.7 Å². The lowest BCUT2D eigenvalue weighted by molar-refractivity contribution is 0.0945. The van der Waals surface area contributed by atoms with Crippen molar-refractivity contribution in [3.63, 3.8) is 0 Å². The molecule has 1 aliphatic rings. The topological polar surface area (TPSA) is 29.5 Å². The largest absolute Gasteiger partial charge is 0.388 e. The van der Waals surface area contributed by atoms with Crippen molar-refractivity contribution in [2.75, 3.05) is 6.61 Å². The van der Waals surface area contributed by atoms with Gasteiger partial charge in [-0.15, -0.1) is 0 Å². The molecule has 0 bridgehead atoms. The van der Waals surface area contributed by atoms with E-state index in [2.05, 4.69) is 15.9 Å². The van der Waals surface area contributed by atoms with Crippen molar-refractivity contribution in [3.05, 3.63) is 33.3 Å². The number of aliphatic hydroxyl groups is 1. The smallest absolute Gasteiger partial charge is 0.0804 e. The third kappa shape index (κ3) is 3.95. The first-order valence-electron chi connectivity index (χ1n) is 6.41. The summed E-state index contributed by atoms with van der Waals surface area (Å²) in [4.78, 5) is 0. The van der Waals surface area contributed by atoms with Crippen LogP contribution in [0.4, 0.5) is 0 Å². The molecule has 1 heterocycles. The first-order chi connectivity index (χ1) is 8.66. The van der Waals surface area contributed by atoms with E-state index >= 15 is 0 Å². The van der Waals surface area contributed by atoms with Crippen LogP contribution in [0, 0.1) is 0 Å². The van der Waals surface area contributed by atoms with Gasteiger partial charge < -0.3 is 9.84 Å². The van der Waals surface area contributed by atoms with E-state index in [-0.39, 0.29) is 0 Å². The molecule has 0 aromatic heterocycles. The number of aliphatic hydroxyl groups excluding tert-OH is 1. The average molecular weight is 334 g/mol. The Balaban J connectivity index is 1.81. The fourth-order valence-corrected chi connectivity index (χ4v) is 3.14. The van der Waals surface area contributed by atoms with Gasteiger partial charge in [0, 0.05) is 16.1 Å². The molecule has 1 aromatic carbocycles. The molecule has 2 atom stereocenters. The molecule has 0 aliphatic carbocycles. The minimum Gasteiger partial charge on any atom is -0.388 e. The first-order valence-corrected chi connectivity index (χ1v) is 7.58. The van der Waals surface area contributed by atoms with Crippen molar-refractivity contribution in [3.8, 4) is 0 Å². The van der Waals surface area contributed by atoms with Crippen molar-refractivity contribution < 1.29 is 9.84 Å². The fourth-order valence-electron chi connectivity index (χ4n) is 2.34. The maximum atomic E-state index is 10.1. The highest BCUT2D eigenvalue weighted by molar-refractivity contribution is 9.10. The number of benzene rings is 1. The van der Waals surface area contributed by atoms with Gasteiger partial charge in [-0.2, -0.15) is 0 Å². The van der Waals surface area contributed by atoms with Crippen LogP contribution in [0.3, 0.4) is 0 Å². The highest BCUT2D eigenvalue weighted by atomic mass is 79.9. The zero-order valence-electron chi connectivity index (χ0n) is 10.2. The Kier molecular flexibility index (Phi) is 5.49. The molecule has 100 valence electrons. The van der Waals surface area contributed by atoms with Gasteiger partial charge >= 0.3 is 0 Å². The summed E-state index contributed by atoms with van der Waals surface area (Å²) in [6.45, 7) is 0.895. The van der Waals surface area contributed by atoms with E-state index in [4.69, 9.17) is 16.3 Å². The summed E-state index contributed by atoms with van der Waals surface area (Å²) in [6.07, 6.45) is 5.00. The maximum absolute atomic E-state index is 10.1. The zero-order chi connectivity index (χ0) is 13.0. The molecule has 1 N–H and O–H groups in total. The van der Waals surface area contributed by atoms with Crippen LogP contribution in [0.25, 0.3) is 0 Å². The van der Waals surface area contributed by atoms with E-state index in [1.807, 2.05) is 18.2 Å². The number of rotatable bonds is 5. The van der Waals surface area contributed by atoms with Gasteiger partial charge in [0.2, 0.25) is 0 Å². The number of halogens is 2.